The normalized spacial score (nSPS) is 13.6. The number of halogens is 2. The third kappa shape index (κ3) is 5.88. The molecule has 0 spiro atoms. The number of primary amides is 1. The van der Waals surface area contributed by atoms with Gasteiger partial charge in [0.05, 0.1) is 22.2 Å². The van der Waals surface area contributed by atoms with E-state index in [0.29, 0.717) is 13.0 Å². The molecule has 5 N–H and O–H groups in total. The van der Waals surface area contributed by atoms with E-state index in [2.05, 4.69) is 16.0 Å². The Hall–Kier alpha value is -2.81. The third-order valence-corrected chi connectivity index (χ3v) is 5.52. The van der Waals surface area contributed by atoms with Crippen LogP contribution in [0.1, 0.15) is 27.0 Å². The van der Waals surface area contributed by atoms with Gasteiger partial charge in [0.15, 0.2) is 0 Å². The lowest BCUT2D eigenvalue weighted by Gasteiger charge is -2.22. The molecule has 0 saturated carbocycles. The van der Waals surface area contributed by atoms with Gasteiger partial charge in [0.2, 0.25) is 0 Å². The molecule has 1 aliphatic heterocycles. The van der Waals surface area contributed by atoms with Crippen molar-refractivity contribution < 1.29 is 19.1 Å². The number of nitrogens with two attached hydrogens (primary N) is 1. The molecule has 1 aliphatic rings. The van der Waals surface area contributed by atoms with Gasteiger partial charge in [-0.05, 0) is 35.7 Å². The monoisotopic (exact) mass is 464 g/mol. The average molecular weight is 465 g/mol. The highest BCUT2D eigenvalue weighted by Crippen LogP contribution is 2.33. The van der Waals surface area contributed by atoms with Crippen molar-refractivity contribution in [3.05, 3.63) is 68.7 Å². The summed E-state index contributed by atoms with van der Waals surface area (Å²) in [7, 11) is 0. The molecule has 2 aromatic rings. The van der Waals surface area contributed by atoms with Crippen LogP contribution < -0.4 is 21.7 Å². The molecule has 2 aromatic carbocycles. The quantitative estimate of drug-likeness (QED) is 0.467. The van der Waals surface area contributed by atoms with Gasteiger partial charge in [0, 0.05) is 6.54 Å². The van der Waals surface area contributed by atoms with Gasteiger partial charge < -0.3 is 26.4 Å². The fourth-order valence-corrected chi connectivity index (χ4v) is 4.00. The number of carbonyl (C=O) groups is 3. The number of carbonyl (C=O) groups excluding carboxylic acids is 3. The van der Waals surface area contributed by atoms with Crippen LogP contribution in [0.4, 0.5) is 4.79 Å². The van der Waals surface area contributed by atoms with E-state index in [4.69, 9.17) is 33.7 Å². The highest BCUT2D eigenvalue weighted by molar-refractivity contribution is 6.40. The van der Waals surface area contributed by atoms with Crippen LogP contribution in [0.3, 0.4) is 0 Å². The second-order valence-corrected chi connectivity index (χ2v) is 7.76. The summed E-state index contributed by atoms with van der Waals surface area (Å²) in [6.07, 6.45) is 0.650. The topological polar surface area (TPSA) is 123 Å². The molecule has 1 atom stereocenters. The standard InChI is InChI=1S/C21H22Cl2N4O4/c22-15-8-13-9-25-7-6-14(13)18(23)17(15)19(28)27-16(10-26-21(24)30)20(29)31-11-12-4-2-1-3-5-12/h1-5,8,16,25H,6-7,9-11H2,(H,27,28)(H3,24,26,30)/t16-/m0/s1. The van der Waals surface area contributed by atoms with Crippen LogP contribution in [-0.4, -0.2) is 37.0 Å². The van der Waals surface area contributed by atoms with Crippen molar-refractivity contribution in [2.75, 3.05) is 13.1 Å². The maximum Gasteiger partial charge on any atom is 0.330 e. The van der Waals surface area contributed by atoms with Gasteiger partial charge in [-0.15, -0.1) is 0 Å². The summed E-state index contributed by atoms with van der Waals surface area (Å²) in [4.78, 5) is 36.7. The van der Waals surface area contributed by atoms with Crippen LogP contribution in [0.15, 0.2) is 36.4 Å². The third-order valence-electron chi connectivity index (χ3n) is 4.80. The zero-order valence-corrected chi connectivity index (χ0v) is 18.1. The van der Waals surface area contributed by atoms with Crippen molar-refractivity contribution in [2.45, 2.75) is 25.6 Å². The van der Waals surface area contributed by atoms with Crippen molar-refractivity contribution >= 4 is 41.1 Å². The number of benzene rings is 2. The highest BCUT2D eigenvalue weighted by Gasteiger charge is 2.28. The Balaban J connectivity index is 1.76. The number of rotatable bonds is 7. The van der Waals surface area contributed by atoms with Crippen molar-refractivity contribution in [1.82, 2.24) is 16.0 Å². The Kier molecular flexibility index (Phi) is 7.73. The number of hydrogen-bond donors (Lipinski definition) is 4. The van der Waals surface area contributed by atoms with Gasteiger partial charge in [-0.25, -0.2) is 9.59 Å². The molecule has 31 heavy (non-hydrogen) atoms. The highest BCUT2D eigenvalue weighted by atomic mass is 35.5. The Morgan fingerprint density at radius 2 is 1.94 bits per heavy atom. The van der Waals surface area contributed by atoms with Crippen molar-refractivity contribution in [1.29, 1.82) is 0 Å². The summed E-state index contributed by atoms with van der Waals surface area (Å²) in [5.74, 6) is -1.38. The van der Waals surface area contributed by atoms with E-state index in [9.17, 15) is 14.4 Å². The van der Waals surface area contributed by atoms with Gasteiger partial charge in [-0.2, -0.15) is 0 Å². The minimum absolute atomic E-state index is 0.00989. The van der Waals surface area contributed by atoms with Crippen molar-refractivity contribution in [3.8, 4) is 0 Å². The second kappa shape index (κ2) is 10.5. The minimum atomic E-state index is -1.19. The van der Waals surface area contributed by atoms with E-state index in [1.54, 1.807) is 18.2 Å². The SMILES string of the molecule is NC(=O)NC[C@H](NC(=O)c1c(Cl)cc2c(c1Cl)CCNC2)C(=O)OCc1ccccc1. The summed E-state index contributed by atoms with van der Waals surface area (Å²) in [5.41, 5.74) is 7.72. The summed E-state index contributed by atoms with van der Waals surface area (Å²) < 4.78 is 5.29. The Morgan fingerprint density at radius 3 is 2.65 bits per heavy atom. The molecule has 0 saturated heterocycles. The smallest absolute Gasteiger partial charge is 0.330 e. The predicted molar refractivity (Wildman–Crippen MR) is 117 cm³/mol. The summed E-state index contributed by atoms with van der Waals surface area (Å²) in [6.45, 7) is 1.09. The van der Waals surface area contributed by atoms with Gasteiger partial charge in [0.1, 0.15) is 12.6 Å². The van der Waals surface area contributed by atoms with E-state index in [1.807, 2.05) is 18.2 Å². The average Bonchev–Trinajstić information content (AvgIpc) is 2.75. The first-order valence-electron chi connectivity index (χ1n) is 9.62. The zero-order valence-electron chi connectivity index (χ0n) is 16.5. The van der Waals surface area contributed by atoms with E-state index in [0.717, 1.165) is 23.2 Å². The lowest BCUT2D eigenvalue weighted by atomic mass is 9.97. The Bertz CT molecular complexity index is 985. The number of urea groups is 1. The molecule has 3 rings (SSSR count). The number of hydrogen-bond acceptors (Lipinski definition) is 5. The lowest BCUT2D eigenvalue weighted by Crippen LogP contribution is -2.50. The maximum absolute atomic E-state index is 13.0. The summed E-state index contributed by atoms with van der Waals surface area (Å²) in [6, 6.07) is 8.72. The van der Waals surface area contributed by atoms with Crippen LogP contribution in [0.2, 0.25) is 10.0 Å². The predicted octanol–water partition coefficient (Wildman–Crippen LogP) is 2.15. The minimum Gasteiger partial charge on any atom is -0.459 e. The van der Waals surface area contributed by atoms with E-state index < -0.39 is 23.9 Å². The number of ether oxygens (including phenoxy) is 1. The number of nitrogens with one attached hydrogen (secondary N) is 3. The molecule has 10 heteroatoms. The molecule has 0 fully saturated rings. The number of amides is 3. The van der Waals surface area contributed by atoms with Crippen LogP contribution in [0, 0.1) is 0 Å². The summed E-state index contributed by atoms with van der Waals surface area (Å²) in [5, 5.41) is 8.49. The molecule has 0 radical (unpaired) electrons. The van der Waals surface area contributed by atoms with Gasteiger partial charge in [-0.3, -0.25) is 4.79 Å². The van der Waals surface area contributed by atoms with Gasteiger partial charge >= 0.3 is 12.0 Å². The van der Waals surface area contributed by atoms with E-state index in [-0.39, 0.29) is 28.8 Å². The molecular weight excluding hydrogens is 443 g/mol. The van der Waals surface area contributed by atoms with Crippen LogP contribution in [-0.2, 0) is 29.1 Å². The van der Waals surface area contributed by atoms with Crippen molar-refractivity contribution in [2.24, 2.45) is 5.73 Å². The fraction of sp³-hybridized carbons (Fsp3) is 0.286. The molecule has 0 unspecified atom stereocenters. The Labute approximate surface area is 189 Å². The van der Waals surface area contributed by atoms with E-state index >= 15 is 0 Å². The van der Waals surface area contributed by atoms with Gasteiger partial charge in [-0.1, -0.05) is 53.5 Å². The molecule has 0 bridgehead atoms. The fourth-order valence-electron chi connectivity index (χ4n) is 3.24. The molecule has 0 aromatic heterocycles. The van der Waals surface area contributed by atoms with Crippen LogP contribution >= 0.6 is 23.2 Å². The van der Waals surface area contributed by atoms with Crippen LogP contribution in [0.5, 0.6) is 0 Å². The maximum atomic E-state index is 13.0. The second-order valence-electron chi connectivity index (χ2n) is 6.98. The first kappa shape index (κ1) is 22.9. The summed E-state index contributed by atoms with van der Waals surface area (Å²) >= 11 is 12.8. The molecule has 8 nitrogen and oxygen atoms in total. The number of esters is 1. The molecule has 1 heterocycles. The number of fused-ring (bicyclic) bond motifs is 1. The van der Waals surface area contributed by atoms with Crippen molar-refractivity contribution in [3.63, 3.8) is 0 Å². The first-order valence-corrected chi connectivity index (χ1v) is 10.4. The molecular formula is C21H22Cl2N4O4. The molecule has 3 amide bonds. The van der Waals surface area contributed by atoms with Gasteiger partial charge in [0.25, 0.3) is 5.91 Å². The van der Waals surface area contributed by atoms with E-state index in [1.165, 1.54) is 0 Å². The largest absolute Gasteiger partial charge is 0.459 e. The zero-order chi connectivity index (χ0) is 22.4. The lowest BCUT2D eigenvalue weighted by molar-refractivity contribution is -0.147. The molecule has 0 aliphatic carbocycles. The first-order chi connectivity index (χ1) is 14.9. The molecule has 164 valence electrons. The van der Waals surface area contributed by atoms with Crippen LogP contribution in [0.25, 0.3) is 0 Å². The Morgan fingerprint density at radius 1 is 1.19 bits per heavy atom.